The van der Waals surface area contributed by atoms with Crippen molar-refractivity contribution < 1.29 is 4.90 Å². The van der Waals surface area contributed by atoms with E-state index in [-0.39, 0.29) is 0 Å². The number of aromatic nitrogens is 3. The number of rotatable bonds is 3. The summed E-state index contributed by atoms with van der Waals surface area (Å²) in [6.07, 6.45) is 3.96. The Bertz CT molecular complexity index is 668. The minimum atomic E-state index is 0.734. The second-order valence-electron chi connectivity index (χ2n) is 5.64. The van der Waals surface area contributed by atoms with Crippen molar-refractivity contribution in [3.8, 4) is 11.4 Å². The maximum atomic E-state index is 5.95. The van der Waals surface area contributed by atoms with Gasteiger partial charge < -0.3 is 9.47 Å². The van der Waals surface area contributed by atoms with Crippen molar-refractivity contribution >= 4 is 23.8 Å². The highest BCUT2D eigenvalue weighted by Gasteiger charge is 2.17. The summed E-state index contributed by atoms with van der Waals surface area (Å²) in [5.41, 5.74) is 1.04. The molecular formula is C15H20ClN4S+. The Morgan fingerprint density at radius 2 is 1.86 bits per heavy atom. The van der Waals surface area contributed by atoms with Crippen LogP contribution >= 0.6 is 23.8 Å². The van der Waals surface area contributed by atoms with Gasteiger partial charge in [-0.05, 0) is 55.7 Å². The molecule has 1 saturated heterocycles. The van der Waals surface area contributed by atoms with E-state index in [9.17, 15) is 0 Å². The Morgan fingerprint density at radius 1 is 1.19 bits per heavy atom. The molecule has 4 nitrogen and oxygen atoms in total. The first kappa shape index (κ1) is 14.8. The molecule has 1 aromatic carbocycles. The van der Waals surface area contributed by atoms with Crippen LogP contribution in [-0.2, 0) is 13.7 Å². The number of halogens is 1. The van der Waals surface area contributed by atoms with E-state index in [1.165, 1.54) is 32.4 Å². The van der Waals surface area contributed by atoms with Gasteiger partial charge in [-0.15, -0.1) is 5.10 Å². The van der Waals surface area contributed by atoms with Crippen molar-refractivity contribution in [3.05, 3.63) is 34.1 Å². The molecule has 112 valence electrons. The van der Waals surface area contributed by atoms with Gasteiger partial charge in [-0.25, -0.2) is 0 Å². The molecule has 0 unspecified atom stereocenters. The molecular weight excluding hydrogens is 304 g/mol. The van der Waals surface area contributed by atoms with E-state index in [4.69, 9.17) is 28.9 Å². The number of nitrogens with zero attached hydrogens (tertiary/aromatic N) is 3. The van der Waals surface area contributed by atoms with Gasteiger partial charge in [-0.1, -0.05) is 11.6 Å². The van der Waals surface area contributed by atoms with Gasteiger partial charge in [0.25, 0.3) is 0 Å². The number of quaternary nitrogens is 1. The van der Waals surface area contributed by atoms with Gasteiger partial charge in [0.2, 0.25) is 4.77 Å². The second-order valence-corrected chi connectivity index (χ2v) is 6.44. The maximum absolute atomic E-state index is 5.95. The van der Waals surface area contributed by atoms with Gasteiger partial charge in [0.1, 0.15) is 0 Å². The normalized spacial score (nSPS) is 16.3. The van der Waals surface area contributed by atoms with Crippen molar-refractivity contribution in [2.45, 2.75) is 25.9 Å². The zero-order chi connectivity index (χ0) is 14.8. The molecule has 0 bridgehead atoms. The van der Waals surface area contributed by atoms with Crippen LogP contribution in [0.4, 0.5) is 0 Å². The summed E-state index contributed by atoms with van der Waals surface area (Å²) in [5, 5.41) is 5.45. The third kappa shape index (κ3) is 3.20. The Morgan fingerprint density at radius 3 is 2.52 bits per heavy atom. The van der Waals surface area contributed by atoms with Crippen molar-refractivity contribution in [1.29, 1.82) is 0 Å². The summed E-state index contributed by atoms with van der Waals surface area (Å²) in [4.78, 5) is 1.57. The first-order chi connectivity index (χ1) is 10.1. The predicted octanol–water partition coefficient (Wildman–Crippen LogP) is 2.30. The smallest absolute Gasteiger partial charge is 0.202 e. The van der Waals surface area contributed by atoms with E-state index in [1.807, 2.05) is 40.6 Å². The Labute approximate surface area is 134 Å². The molecule has 0 radical (unpaired) electrons. The summed E-state index contributed by atoms with van der Waals surface area (Å²) < 4.78 is 4.71. The van der Waals surface area contributed by atoms with E-state index in [2.05, 4.69) is 0 Å². The molecule has 0 spiro atoms. The van der Waals surface area contributed by atoms with Gasteiger partial charge in [-0.3, -0.25) is 0 Å². The van der Waals surface area contributed by atoms with Gasteiger partial charge in [0.15, 0.2) is 12.5 Å². The number of piperidine rings is 1. The monoisotopic (exact) mass is 323 g/mol. The molecule has 21 heavy (non-hydrogen) atoms. The zero-order valence-corrected chi connectivity index (χ0v) is 13.8. The van der Waals surface area contributed by atoms with E-state index in [0.717, 1.165) is 27.9 Å². The number of benzene rings is 1. The zero-order valence-electron chi connectivity index (χ0n) is 12.2. The molecule has 0 amide bonds. The number of likely N-dealkylation sites (tertiary alicyclic amines) is 1. The summed E-state index contributed by atoms with van der Waals surface area (Å²) in [6, 6.07) is 7.73. The maximum Gasteiger partial charge on any atom is 0.202 e. The SMILES string of the molecule is Cn1c(-c2ccc(Cl)cc2)nn(C[NH+]2CCCCC2)c1=S. The molecule has 1 aliphatic rings. The van der Waals surface area contributed by atoms with E-state index in [0.29, 0.717) is 0 Å². The first-order valence-electron chi connectivity index (χ1n) is 7.38. The largest absolute Gasteiger partial charge is 0.316 e. The van der Waals surface area contributed by atoms with Gasteiger partial charge in [-0.2, -0.15) is 4.68 Å². The third-order valence-electron chi connectivity index (χ3n) is 4.08. The third-order valence-corrected chi connectivity index (χ3v) is 4.81. The molecule has 0 aliphatic carbocycles. The second kappa shape index (κ2) is 6.30. The van der Waals surface area contributed by atoms with Crippen LogP contribution in [0, 0.1) is 4.77 Å². The van der Waals surface area contributed by atoms with Crippen LogP contribution in [0.5, 0.6) is 0 Å². The van der Waals surface area contributed by atoms with Gasteiger partial charge >= 0.3 is 0 Å². The van der Waals surface area contributed by atoms with Crippen molar-refractivity contribution in [2.24, 2.45) is 7.05 Å². The lowest BCUT2D eigenvalue weighted by molar-refractivity contribution is -0.928. The fraction of sp³-hybridized carbons (Fsp3) is 0.467. The van der Waals surface area contributed by atoms with Crippen LogP contribution in [0.15, 0.2) is 24.3 Å². The number of hydrogen-bond donors (Lipinski definition) is 1. The Hall–Kier alpha value is -1.17. The quantitative estimate of drug-likeness (QED) is 0.878. The highest BCUT2D eigenvalue weighted by molar-refractivity contribution is 7.71. The highest BCUT2D eigenvalue weighted by atomic mass is 35.5. The fourth-order valence-electron chi connectivity index (χ4n) is 2.86. The molecule has 2 aromatic rings. The summed E-state index contributed by atoms with van der Waals surface area (Å²) >= 11 is 11.5. The minimum Gasteiger partial charge on any atom is -0.316 e. The molecule has 6 heteroatoms. The van der Waals surface area contributed by atoms with Crippen LogP contribution in [0.1, 0.15) is 19.3 Å². The van der Waals surface area contributed by atoms with Crippen LogP contribution in [-0.4, -0.2) is 27.4 Å². The summed E-state index contributed by atoms with van der Waals surface area (Å²) in [7, 11) is 1.97. The summed E-state index contributed by atoms with van der Waals surface area (Å²) in [6.45, 7) is 3.30. The van der Waals surface area contributed by atoms with Gasteiger partial charge in [0, 0.05) is 17.6 Å². The molecule has 1 aromatic heterocycles. The minimum absolute atomic E-state index is 0.734. The van der Waals surface area contributed by atoms with Crippen LogP contribution in [0.25, 0.3) is 11.4 Å². The lowest BCUT2D eigenvalue weighted by Gasteiger charge is -2.22. The first-order valence-corrected chi connectivity index (χ1v) is 8.17. The lowest BCUT2D eigenvalue weighted by atomic mass is 10.1. The molecule has 1 aliphatic heterocycles. The summed E-state index contributed by atoms with van der Waals surface area (Å²) in [5.74, 6) is 0.896. The molecule has 2 heterocycles. The molecule has 0 saturated carbocycles. The van der Waals surface area contributed by atoms with Crippen molar-refractivity contribution in [2.75, 3.05) is 13.1 Å². The van der Waals surface area contributed by atoms with Gasteiger partial charge in [0.05, 0.1) is 13.1 Å². The van der Waals surface area contributed by atoms with E-state index >= 15 is 0 Å². The molecule has 0 atom stereocenters. The van der Waals surface area contributed by atoms with Crippen molar-refractivity contribution in [1.82, 2.24) is 14.3 Å². The fourth-order valence-corrected chi connectivity index (χ4v) is 3.18. The Balaban J connectivity index is 1.88. The number of nitrogens with one attached hydrogen (secondary N) is 1. The van der Waals surface area contributed by atoms with Crippen molar-refractivity contribution in [3.63, 3.8) is 0 Å². The average molecular weight is 324 g/mol. The lowest BCUT2D eigenvalue weighted by Crippen LogP contribution is -3.12. The topological polar surface area (TPSA) is 27.2 Å². The standard InChI is InChI=1S/C15H19ClN4S/c1-18-14(12-5-7-13(16)8-6-12)17-20(15(18)21)11-19-9-3-2-4-10-19/h5-8H,2-4,9-11H2,1H3/p+1. The van der Waals surface area contributed by atoms with E-state index < -0.39 is 0 Å². The molecule has 3 rings (SSSR count). The average Bonchev–Trinajstić information content (AvgIpc) is 2.78. The highest BCUT2D eigenvalue weighted by Crippen LogP contribution is 2.19. The van der Waals surface area contributed by atoms with Crippen LogP contribution in [0.3, 0.4) is 0 Å². The molecule has 1 fully saturated rings. The van der Waals surface area contributed by atoms with Crippen LogP contribution in [0.2, 0.25) is 5.02 Å². The number of hydrogen-bond acceptors (Lipinski definition) is 2. The van der Waals surface area contributed by atoms with Crippen LogP contribution < -0.4 is 4.90 Å². The van der Waals surface area contributed by atoms with E-state index in [1.54, 1.807) is 4.90 Å². The Kier molecular flexibility index (Phi) is 4.42. The molecule has 1 N–H and O–H groups in total. The predicted molar refractivity (Wildman–Crippen MR) is 87.0 cm³/mol.